The molecule has 1 aromatic heterocycles. The molecule has 0 aliphatic carbocycles. The largest absolute Gasteiger partial charge is 0.495 e. The lowest BCUT2D eigenvalue weighted by Gasteiger charge is -2.10. The van der Waals surface area contributed by atoms with Crippen LogP contribution in [0.15, 0.2) is 45.4 Å². The molecule has 3 rings (SSSR count). The summed E-state index contributed by atoms with van der Waals surface area (Å²) < 4.78 is 21.2. The maximum Gasteiger partial charge on any atom is 0.338 e. The summed E-state index contributed by atoms with van der Waals surface area (Å²) >= 11 is 3.33. The quantitative estimate of drug-likeness (QED) is 0.292. The highest BCUT2D eigenvalue weighted by molar-refractivity contribution is 9.10. The highest BCUT2D eigenvalue weighted by Crippen LogP contribution is 2.35. The van der Waals surface area contributed by atoms with Gasteiger partial charge in [0.05, 0.1) is 24.7 Å². The van der Waals surface area contributed by atoms with E-state index in [2.05, 4.69) is 26.1 Å². The molecule has 1 heterocycles. The fraction of sp³-hybridized carbons (Fsp3) is 0.167. The van der Waals surface area contributed by atoms with Crippen LogP contribution in [0.5, 0.6) is 11.5 Å². The van der Waals surface area contributed by atoms with E-state index in [9.17, 15) is 14.9 Å². The van der Waals surface area contributed by atoms with Gasteiger partial charge in [-0.1, -0.05) is 5.16 Å². The standard InChI is InChI=1S/C18H14BrN3O7/c1-26-13-7-11(8-14(27-2)16(13)19)18(23)28-9-15-20-17(21-29-15)10-3-5-12(6-4-10)22(24)25/h3-8H,9H2,1-2H3. The number of non-ortho nitro benzene ring substituents is 1. The number of hydrogen-bond donors (Lipinski definition) is 0. The van der Waals surface area contributed by atoms with Gasteiger partial charge in [-0.3, -0.25) is 10.1 Å². The number of rotatable bonds is 7. The molecule has 0 atom stereocenters. The van der Waals surface area contributed by atoms with Crippen molar-refractivity contribution in [2.45, 2.75) is 6.61 Å². The van der Waals surface area contributed by atoms with Crippen LogP contribution >= 0.6 is 15.9 Å². The van der Waals surface area contributed by atoms with Gasteiger partial charge in [-0.25, -0.2) is 4.79 Å². The molecule has 2 aromatic carbocycles. The SMILES string of the molecule is COc1cc(C(=O)OCc2nc(-c3ccc([N+](=O)[O-])cc3)no2)cc(OC)c1Br. The third-order valence-electron chi connectivity index (χ3n) is 3.81. The van der Waals surface area contributed by atoms with E-state index in [1.807, 2.05) is 0 Å². The first-order chi connectivity index (χ1) is 13.9. The predicted octanol–water partition coefficient (Wildman–Crippen LogP) is 3.78. The maximum absolute atomic E-state index is 12.3. The maximum atomic E-state index is 12.3. The Hall–Kier alpha value is -3.47. The molecule has 0 spiro atoms. The first kappa shape index (κ1) is 20.3. The Kier molecular flexibility index (Phi) is 6.07. The van der Waals surface area contributed by atoms with Crippen molar-refractivity contribution in [1.29, 1.82) is 0 Å². The molecule has 11 heteroatoms. The molecule has 0 saturated heterocycles. The molecule has 0 unspecified atom stereocenters. The molecule has 0 amide bonds. The Balaban J connectivity index is 1.69. The fourth-order valence-electron chi connectivity index (χ4n) is 2.36. The zero-order valence-electron chi connectivity index (χ0n) is 15.2. The second-order valence-electron chi connectivity index (χ2n) is 5.59. The van der Waals surface area contributed by atoms with Crippen LogP contribution in [0.25, 0.3) is 11.4 Å². The Morgan fingerprint density at radius 2 is 1.79 bits per heavy atom. The van der Waals surface area contributed by atoms with Crippen molar-refractivity contribution < 1.29 is 28.5 Å². The molecule has 29 heavy (non-hydrogen) atoms. The number of esters is 1. The van der Waals surface area contributed by atoms with Gasteiger partial charge in [0.25, 0.3) is 11.6 Å². The van der Waals surface area contributed by atoms with Crippen LogP contribution in [0.3, 0.4) is 0 Å². The summed E-state index contributed by atoms with van der Waals surface area (Å²) in [7, 11) is 2.93. The minimum absolute atomic E-state index is 0.0493. The van der Waals surface area contributed by atoms with E-state index in [1.165, 1.54) is 50.6 Å². The summed E-state index contributed by atoms with van der Waals surface area (Å²) in [5.41, 5.74) is 0.697. The number of ether oxygens (including phenoxy) is 3. The summed E-state index contributed by atoms with van der Waals surface area (Å²) in [5.74, 6) is 0.481. The third-order valence-corrected chi connectivity index (χ3v) is 4.59. The number of carbonyl (C=O) groups excluding carboxylic acids is 1. The summed E-state index contributed by atoms with van der Waals surface area (Å²) in [6.07, 6.45) is 0. The Morgan fingerprint density at radius 1 is 1.17 bits per heavy atom. The van der Waals surface area contributed by atoms with Crippen molar-refractivity contribution in [3.05, 3.63) is 62.4 Å². The smallest absolute Gasteiger partial charge is 0.338 e. The first-order valence-electron chi connectivity index (χ1n) is 8.09. The van der Waals surface area contributed by atoms with Gasteiger partial charge < -0.3 is 18.7 Å². The van der Waals surface area contributed by atoms with Crippen LogP contribution in [0.2, 0.25) is 0 Å². The molecule has 10 nitrogen and oxygen atoms in total. The van der Waals surface area contributed by atoms with E-state index in [1.54, 1.807) is 0 Å². The van der Waals surface area contributed by atoms with Crippen molar-refractivity contribution in [3.8, 4) is 22.9 Å². The molecule has 0 saturated carbocycles. The van der Waals surface area contributed by atoms with Gasteiger partial charge in [-0.05, 0) is 40.2 Å². The van der Waals surface area contributed by atoms with E-state index >= 15 is 0 Å². The summed E-state index contributed by atoms with van der Waals surface area (Å²) in [5, 5.41) is 14.5. The van der Waals surface area contributed by atoms with Gasteiger partial charge in [-0.15, -0.1) is 0 Å². The van der Waals surface area contributed by atoms with E-state index in [4.69, 9.17) is 18.7 Å². The van der Waals surface area contributed by atoms with Gasteiger partial charge in [0.1, 0.15) is 16.0 Å². The molecule has 0 radical (unpaired) electrons. The lowest BCUT2D eigenvalue weighted by molar-refractivity contribution is -0.384. The molecule has 150 valence electrons. The third kappa shape index (κ3) is 4.51. The number of methoxy groups -OCH3 is 2. The highest BCUT2D eigenvalue weighted by Gasteiger charge is 2.17. The zero-order chi connectivity index (χ0) is 21.0. The molecule has 3 aromatic rings. The Bertz CT molecular complexity index is 1020. The van der Waals surface area contributed by atoms with Crippen LogP contribution in [0, 0.1) is 10.1 Å². The second-order valence-corrected chi connectivity index (χ2v) is 6.38. The zero-order valence-corrected chi connectivity index (χ0v) is 16.8. The fourth-order valence-corrected chi connectivity index (χ4v) is 2.91. The first-order valence-corrected chi connectivity index (χ1v) is 8.88. The van der Waals surface area contributed by atoms with Crippen LogP contribution in [-0.2, 0) is 11.3 Å². The molecule has 0 aliphatic rings. The van der Waals surface area contributed by atoms with Gasteiger partial charge in [0.2, 0.25) is 5.82 Å². The van der Waals surface area contributed by atoms with E-state index < -0.39 is 10.9 Å². The normalized spacial score (nSPS) is 10.4. The lowest BCUT2D eigenvalue weighted by atomic mass is 10.2. The number of nitro benzene ring substituents is 1. The van der Waals surface area contributed by atoms with Crippen LogP contribution in [0.4, 0.5) is 5.69 Å². The molecule has 0 N–H and O–H groups in total. The number of benzene rings is 2. The minimum Gasteiger partial charge on any atom is -0.495 e. The van der Waals surface area contributed by atoms with Crippen molar-refractivity contribution in [1.82, 2.24) is 10.1 Å². The molecular formula is C18H14BrN3O7. The monoisotopic (exact) mass is 463 g/mol. The predicted molar refractivity (Wildman–Crippen MR) is 103 cm³/mol. The number of hydrogen-bond acceptors (Lipinski definition) is 9. The number of nitro groups is 1. The second kappa shape index (κ2) is 8.69. The van der Waals surface area contributed by atoms with E-state index in [0.29, 0.717) is 21.5 Å². The molecule has 0 aliphatic heterocycles. The topological polar surface area (TPSA) is 127 Å². The van der Waals surface area contributed by atoms with Gasteiger partial charge in [0, 0.05) is 17.7 Å². The van der Waals surface area contributed by atoms with Crippen molar-refractivity contribution in [2.75, 3.05) is 14.2 Å². The number of halogens is 1. The molecule has 0 bridgehead atoms. The highest BCUT2D eigenvalue weighted by atomic mass is 79.9. The van der Waals surface area contributed by atoms with Crippen molar-refractivity contribution in [3.63, 3.8) is 0 Å². The number of carbonyl (C=O) groups is 1. The van der Waals surface area contributed by atoms with Crippen LogP contribution in [-0.4, -0.2) is 35.3 Å². The minimum atomic E-state index is -0.635. The molecule has 0 fully saturated rings. The Morgan fingerprint density at radius 3 is 2.34 bits per heavy atom. The average molecular weight is 464 g/mol. The van der Waals surface area contributed by atoms with E-state index in [-0.39, 0.29) is 29.6 Å². The molecular weight excluding hydrogens is 450 g/mol. The summed E-state index contributed by atoms with van der Waals surface area (Å²) in [6, 6.07) is 8.67. The van der Waals surface area contributed by atoms with Gasteiger partial charge in [0.15, 0.2) is 6.61 Å². The number of nitrogens with zero attached hydrogens (tertiary/aromatic N) is 3. The lowest BCUT2D eigenvalue weighted by Crippen LogP contribution is -2.06. The Labute approximate surface area is 172 Å². The van der Waals surface area contributed by atoms with Gasteiger partial charge in [-0.2, -0.15) is 4.98 Å². The number of aromatic nitrogens is 2. The van der Waals surface area contributed by atoms with Crippen LogP contribution in [0.1, 0.15) is 16.2 Å². The van der Waals surface area contributed by atoms with Crippen molar-refractivity contribution >= 4 is 27.6 Å². The van der Waals surface area contributed by atoms with Gasteiger partial charge >= 0.3 is 5.97 Å². The summed E-state index contributed by atoms with van der Waals surface area (Å²) in [4.78, 5) is 26.7. The van der Waals surface area contributed by atoms with Crippen LogP contribution < -0.4 is 9.47 Å². The summed E-state index contributed by atoms with van der Waals surface area (Å²) in [6.45, 7) is -0.250. The van der Waals surface area contributed by atoms with E-state index in [0.717, 1.165) is 0 Å². The van der Waals surface area contributed by atoms with Crippen molar-refractivity contribution in [2.24, 2.45) is 0 Å². The average Bonchev–Trinajstić information content (AvgIpc) is 3.21.